The number of anilines is 1. The number of nitrogens with one attached hydrogen (secondary N) is 1. The van der Waals surface area contributed by atoms with Gasteiger partial charge < -0.3 is 4.98 Å². The van der Waals surface area contributed by atoms with Crippen LogP contribution in [0.2, 0.25) is 0 Å². The summed E-state index contributed by atoms with van der Waals surface area (Å²) in [5.41, 5.74) is 6.03. The Labute approximate surface area is 159 Å². The van der Waals surface area contributed by atoms with Crippen LogP contribution in [0.15, 0.2) is 85.1 Å². The van der Waals surface area contributed by atoms with Crippen molar-refractivity contribution in [2.45, 2.75) is 25.5 Å². The molecule has 2 atom stereocenters. The number of nitrogens with zero attached hydrogens (tertiary/aromatic N) is 1. The Morgan fingerprint density at radius 2 is 1.63 bits per heavy atom. The molecule has 1 saturated heterocycles. The van der Waals surface area contributed by atoms with Crippen LogP contribution in [0.5, 0.6) is 0 Å². The molecule has 0 amide bonds. The van der Waals surface area contributed by atoms with E-state index in [0.29, 0.717) is 0 Å². The van der Waals surface area contributed by atoms with Gasteiger partial charge in [0.2, 0.25) is 0 Å². The van der Waals surface area contributed by atoms with Crippen molar-refractivity contribution in [2.24, 2.45) is 0 Å². The molecule has 0 saturated carbocycles. The third-order valence-corrected chi connectivity index (χ3v) is 5.40. The third-order valence-electron chi connectivity index (χ3n) is 5.40. The lowest BCUT2D eigenvalue weighted by atomic mass is 9.97. The molecule has 0 bridgehead atoms. The lowest BCUT2D eigenvalue weighted by Crippen LogP contribution is -2.21. The largest absolute Gasteiger partial charge is 0.361 e. The van der Waals surface area contributed by atoms with Gasteiger partial charge in [-0.25, -0.2) is 5.06 Å². The Kier molecular flexibility index (Phi) is 3.95. The van der Waals surface area contributed by atoms with E-state index in [1.165, 1.54) is 27.6 Å². The number of aryl methyl sites for hydroxylation is 1. The highest BCUT2D eigenvalue weighted by Gasteiger charge is 2.37. The van der Waals surface area contributed by atoms with Gasteiger partial charge in [-0.1, -0.05) is 66.2 Å². The highest BCUT2D eigenvalue weighted by atomic mass is 16.7. The second-order valence-electron chi connectivity index (χ2n) is 7.21. The number of H-pyrrole nitrogens is 1. The fourth-order valence-corrected chi connectivity index (χ4v) is 3.97. The predicted molar refractivity (Wildman–Crippen MR) is 110 cm³/mol. The summed E-state index contributed by atoms with van der Waals surface area (Å²) in [6.07, 6.45) is 3.09. The Morgan fingerprint density at radius 3 is 2.44 bits per heavy atom. The van der Waals surface area contributed by atoms with Crippen LogP contribution in [0.3, 0.4) is 0 Å². The molecule has 4 aromatic rings. The van der Waals surface area contributed by atoms with Crippen molar-refractivity contribution < 1.29 is 4.84 Å². The molecule has 1 aliphatic rings. The van der Waals surface area contributed by atoms with Gasteiger partial charge in [0.05, 0.1) is 11.7 Å². The topological polar surface area (TPSA) is 28.3 Å². The van der Waals surface area contributed by atoms with Crippen LogP contribution in [0.25, 0.3) is 10.9 Å². The van der Waals surface area contributed by atoms with Crippen molar-refractivity contribution in [3.63, 3.8) is 0 Å². The van der Waals surface area contributed by atoms with Crippen molar-refractivity contribution in [1.82, 2.24) is 4.98 Å². The Bertz CT molecular complexity index is 1050. The van der Waals surface area contributed by atoms with Gasteiger partial charge in [-0.15, -0.1) is 0 Å². The summed E-state index contributed by atoms with van der Waals surface area (Å²) in [6.45, 7) is 2.12. The number of aromatic amines is 1. The van der Waals surface area contributed by atoms with Crippen molar-refractivity contribution in [3.05, 3.63) is 102 Å². The first kappa shape index (κ1) is 16.2. The van der Waals surface area contributed by atoms with E-state index in [9.17, 15) is 0 Å². The summed E-state index contributed by atoms with van der Waals surface area (Å²) in [5, 5.41) is 3.34. The van der Waals surface area contributed by atoms with Gasteiger partial charge in [0.25, 0.3) is 0 Å². The summed E-state index contributed by atoms with van der Waals surface area (Å²) in [7, 11) is 0. The first-order chi connectivity index (χ1) is 13.3. The molecule has 1 N–H and O–H groups in total. The zero-order chi connectivity index (χ0) is 18.2. The van der Waals surface area contributed by atoms with Crippen LogP contribution < -0.4 is 5.06 Å². The zero-order valence-corrected chi connectivity index (χ0v) is 15.3. The maximum atomic E-state index is 6.48. The standard InChI is InChI=1S/C24H22N2O/c1-17-11-13-18(14-12-17)24-15-23(26(27-24)19-7-3-2-4-8-19)21-16-25-22-10-6-5-9-20(21)22/h2-14,16,23-25H,15H2,1H3/t23-,24+/m1/s1. The smallest absolute Gasteiger partial charge is 0.113 e. The second-order valence-corrected chi connectivity index (χ2v) is 7.21. The maximum Gasteiger partial charge on any atom is 0.113 e. The van der Waals surface area contributed by atoms with Crippen molar-refractivity contribution in [3.8, 4) is 0 Å². The maximum absolute atomic E-state index is 6.48. The molecule has 1 fully saturated rings. The Balaban J connectivity index is 1.57. The lowest BCUT2D eigenvalue weighted by Gasteiger charge is -2.24. The molecule has 27 heavy (non-hydrogen) atoms. The van der Waals surface area contributed by atoms with E-state index in [4.69, 9.17) is 4.84 Å². The van der Waals surface area contributed by atoms with E-state index < -0.39 is 0 Å². The minimum Gasteiger partial charge on any atom is -0.361 e. The molecule has 5 rings (SSSR count). The molecular weight excluding hydrogens is 332 g/mol. The second kappa shape index (κ2) is 6.60. The van der Waals surface area contributed by atoms with Crippen LogP contribution in [0, 0.1) is 6.92 Å². The highest BCUT2D eigenvalue weighted by molar-refractivity contribution is 5.84. The van der Waals surface area contributed by atoms with E-state index >= 15 is 0 Å². The molecule has 1 aliphatic heterocycles. The first-order valence-corrected chi connectivity index (χ1v) is 9.43. The van der Waals surface area contributed by atoms with Gasteiger partial charge in [-0.3, -0.25) is 4.84 Å². The fraction of sp³-hybridized carbons (Fsp3) is 0.167. The van der Waals surface area contributed by atoms with Gasteiger partial charge in [0.15, 0.2) is 0 Å². The van der Waals surface area contributed by atoms with Crippen LogP contribution in [0.1, 0.15) is 35.3 Å². The molecule has 0 radical (unpaired) electrons. The van der Waals surface area contributed by atoms with Gasteiger partial charge in [0, 0.05) is 29.1 Å². The average Bonchev–Trinajstić information content (AvgIpc) is 3.33. The molecule has 3 heteroatoms. The minimum atomic E-state index is 0.0458. The number of hydrogen-bond acceptors (Lipinski definition) is 2. The van der Waals surface area contributed by atoms with E-state index in [1.54, 1.807) is 0 Å². The van der Waals surface area contributed by atoms with Gasteiger partial charge in [-0.05, 0) is 30.7 Å². The molecule has 0 aliphatic carbocycles. The van der Waals surface area contributed by atoms with Crippen LogP contribution in [0.4, 0.5) is 5.69 Å². The first-order valence-electron chi connectivity index (χ1n) is 9.43. The quantitative estimate of drug-likeness (QED) is 0.481. The SMILES string of the molecule is Cc1ccc([C@@H]2C[C@H](c3c[nH]c4ccccc34)N(c3ccccc3)O2)cc1. The average molecular weight is 354 g/mol. The molecule has 2 heterocycles. The van der Waals surface area contributed by atoms with Crippen LogP contribution in [-0.2, 0) is 4.84 Å². The van der Waals surface area contributed by atoms with Crippen LogP contribution in [-0.4, -0.2) is 4.98 Å². The number of fused-ring (bicyclic) bond motifs is 1. The van der Waals surface area contributed by atoms with E-state index in [2.05, 4.69) is 96.0 Å². The summed E-state index contributed by atoms with van der Waals surface area (Å²) >= 11 is 0. The number of aromatic nitrogens is 1. The summed E-state index contributed by atoms with van der Waals surface area (Å²) in [5.74, 6) is 0. The van der Waals surface area contributed by atoms with E-state index in [-0.39, 0.29) is 12.1 Å². The Hall–Kier alpha value is -3.04. The number of hydrogen-bond donors (Lipinski definition) is 1. The molecule has 0 unspecified atom stereocenters. The van der Waals surface area contributed by atoms with Crippen molar-refractivity contribution in [1.29, 1.82) is 0 Å². The molecule has 1 aromatic heterocycles. The number of rotatable bonds is 3. The van der Waals surface area contributed by atoms with Gasteiger partial charge in [0.1, 0.15) is 6.10 Å². The normalized spacial score (nSPS) is 19.7. The number of benzene rings is 3. The molecule has 3 nitrogen and oxygen atoms in total. The summed E-state index contributed by atoms with van der Waals surface area (Å²) < 4.78 is 0. The molecular formula is C24H22N2O. The molecule has 134 valence electrons. The third kappa shape index (κ3) is 2.90. The lowest BCUT2D eigenvalue weighted by molar-refractivity contribution is 0.0837. The van der Waals surface area contributed by atoms with E-state index in [0.717, 1.165) is 12.1 Å². The van der Waals surface area contributed by atoms with Crippen LogP contribution >= 0.6 is 0 Å². The predicted octanol–water partition coefficient (Wildman–Crippen LogP) is 6.10. The zero-order valence-electron chi connectivity index (χ0n) is 15.3. The van der Waals surface area contributed by atoms with E-state index in [1.807, 2.05) is 6.07 Å². The molecule has 3 aromatic carbocycles. The monoisotopic (exact) mass is 354 g/mol. The minimum absolute atomic E-state index is 0.0458. The summed E-state index contributed by atoms with van der Waals surface area (Å²) in [6, 6.07) is 27.7. The fourth-order valence-electron chi connectivity index (χ4n) is 3.97. The van der Waals surface area contributed by atoms with Crippen molar-refractivity contribution >= 4 is 16.6 Å². The van der Waals surface area contributed by atoms with Gasteiger partial charge in [-0.2, -0.15) is 0 Å². The summed E-state index contributed by atoms with van der Waals surface area (Å²) in [4.78, 5) is 9.90. The number of hydroxylamine groups is 1. The van der Waals surface area contributed by atoms with Crippen molar-refractivity contribution in [2.75, 3.05) is 5.06 Å². The highest BCUT2D eigenvalue weighted by Crippen LogP contribution is 2.45. The number of para-hydroxylation sites is 2. The van der Waals surface area contributed by atoms with Gasteiger partial charge >= 0.3 is 0 Å². The molecule has 0 spiro atoms. The Morgan fingerprint density at radius 1 is 0.889 bits per heavy atom.